The molecule has 0 saturated heterocycles. The highest BCUT2D eigenvalue weighted by atomic mass is 16.2. The van der Waals surface area contributed by atoms with E-state index in [0.717, 1.165) is 12.8 Å². The van der Waals surface area contributed by atoms with E-state index in [1.54, 1.807) is 24.1 Å². The molecule has 1 fully saturated rings. The Morgan fingerprint density at radius 2 is 2.50 bits per heavy atom. The van der Waals surface area contributed by atoms with E-state index in [9.17, 15) is 4.79 Å². The van der Waals surface area contributed by atoms with Crippen LogP contribution in [0.3, 0.4) is 0 Å². The summed E-state index contributed by atoms with van der Waals surface area (Å²) < 4.78 is 1.70. The summed E-state index contributed by atoms with van der Waals surface area (Å²) in [6.45, 7) is 0.511. The SMILES string of the molecule is Cn1cncc1C(=O)NC1(CN)CC1. The Morgan fingerprint density at radius 3 is 2.93 bits per heavy atom. The lowest BCUT2D eigenvalue weighted by atomic mass is 10.2. The molecule has 3 N–H and O–H groups in total. The van der Waals surface area contributed by atoms with Gasteiger partial charge in [-0.15, -0.1) is 0 Å². The lowest BCUT2D eigenvalue weighted by Gasteiger charge is -2.14. The predicted molar refractivity (Wildman–Crippen MR) is 51.7 cm³/mol. The highest BCUT2D eigenvalue weighted by Gasteiger charge is 2.42. The third-order valence-electron chi connectivity index (χ3n) is 2.67. The van der Waals surface area contributed by atoms with Gasteiger partial charge < -0.3 is 15.6 Å². The second kappa shape index (κ2) is 3.09. The normalized spacial score (nSPS) is 17.9. The van der Waals surface area contributed by atoms with Crippen molar-refractivity contribution in [3.8, 4) is 0 Å². The number of imidazole rings is 1. The lowest BCUT2D eigenvalue weighted by molar-refractivity contribution is 0.0925. The minimum absolute atomic E-state index is 0.0899. The quantitative estimate of drug-likeness (QED) is 0.690. The molecule has 5 nitrogen and oxygen atoms in total. The molecule has 76 valence electrons. The van der Waals surface area contributed by atoms with E-state index in [-0.39, 0.29) is 11.4 Å². The molecule has 1 aromatic rings. The number of nitrogens with zero attached hydrogens (tertiary/aromatic N) is 2. The van der Waals surface area contributed by atoms with E-state index >= 15 is 0 Å². The first-order valence-corrected chi connectivity index (χ1v) is 4.66. The molecule has 0 spiro atoms. The van der Waals surface area contributed by atoms with Gasteiger partial charge in [-0.3, -0.25) is 4.79 Å². The van der Waals surface area contributed by atoms with Gasteiger partial charge in [-0.05, 0) is 12.8 Å². The highest BCUT2D eigenvalue weighted by molar-refractivity contribution is 5.93. The van der Waals surface area contributed by atoms with Crippen LogP contribution in [0.5, 0.6) is 0 Å². The molecule has 0 aliphatic heterocycles. The number of hydrogen-bond acceptors (Lipinski definition) is 3. The molecule has 1 aromatic heterocycles. The molecule has 0 aromatic carbocycles. The summed E-state index contributed by atoms with van der Waals surface area (Å²) in [4.78, 5) is 15.6. The fourth-order valence-electron chi connectivity index (χ4n) is 1.41. The smallest absolute Gasteiger partial charge is 0.270 e. The zero-order valence-electron chi connectivity index (χ0n) is 8.16. The molecule has 1 amide bonds. The number of carbonyl (C=O) groups excluding carboxylic acids is 1. The molecule has 0 bridgehead atoms. The Balaban J connectivity index is 2.07. The molecular weight excluding hydrogens is 180 g/mol. The number of amides is 1. The molecule has 1 heterocycles. The van der Waals surface area contributed by atoms with Crippen molar-refractivity contribution >= 4 is 5.91 Å². The Morgan fingerprint density at radius 1 is 1.79 bits per heavy atom. The second-order valence-electron chi connectivity index (χ2n) is 3.83. The molecule has 1 saturated carbocycles. The maximum atomic E-state index is 11.7. The first-order valence-electron chi connectivity index (χ1n) is 4.66. The minimum Gasteiger partial charge on any atom is -0.344 e. The van der Waals surface area contributed by atoms with Crippen molar-refractivity contribution in [1.82, 2.24) is 14.9 Å². The van der Waals surface area contributed by atoms with E-state index in [1.807, 2.05) is 0 Å². The van der Waals surface area contributed by atoms with Gasteiger partial charge in [-0.25, -0.2) is 4.98 Å². The summed E-state index contributed by atoms with van der Waals surface area (Å²) in [7, 11) is 1.80. The van der Waals surface area contributed by atoms with Gasteiger partial charge >= 0.3 is 0 Å². The number of carbonyl (C=O) groups is 1. The van der Waals surface area contributed by atoms with Crippen molar-refractivity contribution in [1.29, 1.82) is 0 Å². The molecule has 1 aliphatic carbocycles. The zero-order valence-corrected chi connectivity index (χ0v) is 8.16. The van der Waals surface area contributed by atoms with Gasteiger partial charge in [0.15, 0.2) is 0 Å². The van der Waals surface area contributed by atoms with Crippen molar-refractivity contribution in [3.05, 3.63) is 18.2 Å². The van der Waals surface area contributed by atoms with E-state index < -0.39 is 0 Å². The van der Waals surface area contributed by atoms with Gasteiger partial charge in [0.2, 0.25) is 0 Å². The van der Waals surface area contributed by atoms with E-state index in [2.05, 4.69) is 10.3 Å². The third-order valence-corrected chi connectivity index (χ3v) is 2.67. The third kappa shape index (κ3) is 1.50. The van der Waals surface area contributed by atoms with Crippen LogP contribution in [0.15, 0.2) is 12.5 Å². The Bertz CT molecular complexity index is 353. The van der Waals surface area contributed by atoms with Gasteiger partial charge in [0.05, 0.1) is 18.1 Å². The second-order valence-corrected chi connectivity index (χ2v) is 3.83. The number of nitrogens with two attached hydrogens (primary N) is 1. The van der Waals surface area contributed by atoms with E-state index in [4.69, 9.17) is 5.73 Å². The molecular formula is C9H14N4O. The Labute approximate surface area is 82.3 Å². The van der Waals surface area contributed by atoms with Crippen LogP contribution >= 0.6 is 0 Å². The standard InChI is InChI=1S/C9H14N4O/c1-13-6-11-4-7(13)8(14)12-9(5-10)2-3-9/h4,6H,2-3,5,10H2,1H3,(H,12,14). The number of aromatic nitrogens is 2. The van der Waals surface area contributed by atoms with Gasteiger partial charge in [0, 0.05) is 13.6 Å². The van der Waals surface area contributed by atoms with Gasteiger partial charge in [0.1, 0.15) is 5.69 Å². The molecule has 5 heteroatoms. The largest absolute Gasteiger partial charge is 0.344 e. The van der Waals surface area contributed by atoms with Crippen molar-refractivity contribution < 1.29 is 4.79 Å². The zero-order chi connectivity index (χ0) is 10.2. The fraction of sp³-hybridized carbons (Fsp3) is 0.556. The van der Waals surface area contributed by atoms with Crippen LogP contribution < -0.4 is 11.1 Å². The van der Waals surface area contributed by atoms with Crippen molar-refractivity contribution in [2.75, 3.05) is 6.54 Å². The van der Waals surface area contributed by atoms with Crippen molar-refractivity contribution in [3.63, 3.8) is 0 Å². The summed E-state index contributed by atoms with van der Waals surface area (Å²) in [6.07, 6.45) is 5.12. The van der Waals surface area contributed by atoms with Crippen molar-refractivity contribution in [2.24, 2.45) is 12.8 Å². The molecule has 0 radical (unpaired) electrons. The summed E-state index contributed by atoms with van der Waals surface area (Å²) >= 11 is 0. The predicted octanol–water partition coefficient (Wildman–Crippen LogP) is -0.359. The van der Waals surface area contributed by atoms with Gasteiger partial charge in [-0.1, -0.05) is 0 Å². The van der Waals surface area contributed by atoms with Gasteiger partial charge in [0.25, 0.3) is 5.91 Å². The monoisotopic (exact) mass is 194 g/mol. The van der Waals surface area contributed by atoms with E-state index in [1.165, 1.54) is 0 Å². The molecule has 0 unspecified atom stereocenters. The van der Waals surface area contributed by atoms with Crippen LogP contribution in [0.2, 0.25) is 0 Å². The topological polar surface area (TPSA) is 72.9 Å². The molecule has 14 heavy (non-hydrogen) atoms. The summed E-state index contributed by atoms with van der Waals surface area (Å²) in [6, 6.07) is 0. The molecule has 2 rings (SSSR count). The Kier molecular flexibility index (Phi) is 2.03. The summed E-state index contributed by atoms with van der Waals surface area (Å²) in [5, 5.41) is 2.94. The number of aryl methyl sites for hydroxylation is 1. The summed E-state index contributed by atoms with van der Waals surface area (Å²) in [5.74, 6) is -0.0899. The van der Waals surface area contributed by atoms with Crippen LogP contribution in [-0.2, 0) is 7.05 Å². The van der Waals surface area contributed by atoms with Gasteiger partial charge in [-0.2, -0.15) is 0 Å². The highest BCUT2D eigenvalue weighted by Crippen LogP contribution is 2.34. The van der Waals surface area contributed by atoms with Crippen LogP contribution in [0.25, 0.3) is 0 Å². The van der Waals surface area contributed by atoms with Crippen LogP contribution in [0.4, 0.5) is 0 Å². The first-order chi connectivity index (χ1) is 6.67. The Hall–Kier alpha value is -1.36. The number of nitrogens with one attached hydrogen (secondary N) is 1. The van der Waals surface area contributed by atoms with Crippen LogP contribution in [0.1, 0.15) is 23.3 Å². The van der Waals surface area contributed by atoms with Crippen LogP contribution in [-0.4, -0.2) is 27.5 Å². The average molecular weight is 194 g/mol. The molecule has 0 atom stereocenters. The van der Waals surface area contributed by atoms with Crippen LogP contribution in [0, 0.1) is 0 Å². The minimum atomic E-state index is -0.138. The molecule has 1 aliphatic rings. The first kappa shape index (κ1) is 9.21. The lowest BCUT2D eigenvalue weighted by Crippen LogP contribution is -2.42. The fourth-order valence-corrected chi connectivity index (χ4v) is 1.41. The average Bonchev–Trinajstić information content (AvgIpc) is 2.80. The maximum absolute atomic E-state index is 11.7. The summed E-state index contributed by atoms with van der Waals surface area (Å²) in [5.41, 5.74) is 6.01. The maximum Gasteiger partial charge on any atom is 0.270 e. The van der Waals surface area contributed by atoms with E-state index in [0.29, 0.717) is 12.2 Å². The number of hydrogen-bond donors (Lipinski definition) is 2. The van der Waals surface area contributed by atoms with Crippen molar-refractivity contribution in [2.45, 2.75) is 18.4 Å². The number of rotatable bonds is 3.